The van der Waals surface area contributed by atoms with Crippen molar-refractivity contribution >= 4 is 90.0 Å². The van der Waals surface area contributed by atoms with Gasteiger partial charge in [0.1, 0.15) is 48.0 Å². The zero-order valence-corrected chi connectivity index (χ0v) is 52.5. The van der Waals surface area contributed by atoms with E-state index in [1.807, 2.05) is 0 Å². The number of H-pyrrole nitrogens is 2. The fourth-order valence-corrected chi connectivity index (χ4v) is 12.2. The van der Waals surface area contributed by atoms with Gasteiger partial charge in [-0.05, 0) is 196 Å². The van der Waals surface area contributed by atoms with Gasteiger partial charge in [-0.25, -0.2) is 84.5 Å². The first-order valence-electron chi connectivity index (χ1n) is 24.7. The molecular formula is C56H58Cl4N4O16S4. The summed E-state index contributed by atoms with van der Waals surface area (Å²) in [6.45, 7) is 9.07. The summed E-state index contributed by atoms with van der Waals surface area (Å²) < 4.78 is 136. The van der Waals surface area contributed by atoms with Crippen molar-refractivity contribution < 1.29 is 116 Å². The molecule has 4 atom stereocenters. The molecule has 84 heavy (non-hydrogen) atoms. The Hall–Kier alpha value is -4.60. The highest BCUT2D eigenvalue weighted by molar-refractivity contribution is 7.97. The van der Waals surface area contributed by atoms with Gasteiger partial charge in [0.2, 0.25) is 0 Å². The average Bonchev–Trinajstić information content (AvgIpc) is 3.79. The van der Waals surface area contributed by atoms with Crippen LogP contribution in [0.15, 0.2) is 141 Å². The second kappa shape index (κ2) is 30.8. The predicted octanol–water partition coefficient (Wildman–Crippen LogP) is -5.19. The number of rotatable bonds is 12. The summed E-state index contributed by atoms with van der Waals surface area (Å²) in [6, 6.07) is 45.6. The maximum absolute atomic E-state index is 8.49. The summed E-state index contributed by atoms with van der Waals surface area (Å²) in [4.78, 5) is 24.5. The largest absolute Gasteiger partial charge is 0.354 e. The first kappa shape index (κ1) is 70.2. The van der Waals surface area contributed by atoms with Crippen LogP contribution >= 0.6 is 0 Å². The molecule has 0 fully saturated rings. The quantitative estimate of drug-likeness (QED) is 0.108. The van der Waals surface area contributed by atoms with Crippen LogP contribution in [0.25, 0.3) is 90.9 Å². The summed E-state index contributed by atoms with van der Waals surface area (Å²) in [5.74, 6) is 4.50. The molecule has 3 aromatic heterocycles. The summed E-state index contributed by atoms with van der Waals surface area (Å²) in [6.07, 6.45) is 18.1. The lowest BCUT2D eigenvalue weighted by atomic mass is 10.0. The van der Waals surface area contributed by atoms with Crippen molar-refractivity contribution in [2.75, 3.05) is 48.0 Å². The van der Waals surface area contributed by atoms with Crippen LogP contribution in [-0.2, 0) is 43.6 Å². The van der Waals surface area contributed by atoms with Crippen LogP contribution in [0.5, 0.6) is 0 Å². The van der Waals surface area contributed by atoms with Crippen molar-refractivity contribution in [3.8, 4) is 44.5 Å². The Morgan fingerprint density at radius 1 is 0.286 bits per heavy atom. The molecule has 4 aromatic carbocycles. The van der Waals surface area contributed by atoms with Crippen LogP contribution < -0.4 is 74.5 Å². The molecule has 8 bridgehead atoms. The summed E-state index contributed by atoms with van der Waals surface area (Å²) in [5, 5.41) is 0. The van der Waals surface area contributed by atoms with E-state index in [4.69, 9.17) is 84.5 Å². The number of fused-ring (bicyclic) bond motifs is 8. The van der Waals surface area contributed by atoms with Gasteiger partial charge in [-0.15, -0.1) is 41.0 Å². The van der Waals surface area contributed by atoms with Gasteiger partial charge in [0.15, 0.2) is 19.6 Å². The summed E-state index contributed by atoms with van der Waals surface area (Å²) in [5.41, 5.74) is 16.6. The lowest BCUT2D eigenvalue weighted by Gasteiger charge is -2.17. The molecule has 20 nitrogen and oxygen atoms in total. The van der Waals surface area contributed by atoms with Gasteiger partial charge in [-0.2, -0.15) is 0 Å². The minimum atomic E-state index is -4.94. The standard InChI is InChI=1S/C56H58N4S4.4ClHO4/c1-9-61(5)41-21-13-37(14-22-41)53-45-29-31-47(57-45)54(38-15-23-42(24-16-38)62(6)10-2)49-33-35-51(59-49)56(40-19-27-44(28-20-40)64(8)12-4)52-36-34-50(60-52)55(48-32-30-46(53)58-48)39-17-25-43(26-18-39)63(7)11-3;4*2-1(3,4)5/h13-36,57,60H,9-12H2,1-8H3;4*(H,2,3,4,5)/q+4;;;;/p-4. The number of aromatic amines is 2. The summed E-state index contributed by atoms with van der Waals surface area (Å²) >= 11 is 0. The second-order valence-electron chi connectivity index (χ2n) is 17.8. The van der Waals surface area contributed by atoms with Crippen LogP contribution in [0.4, 0.5) is 0 Å². The monoisotopic (exact) mass is 1310 g/mol. The highest BCUT2D eigenvalue weighted by Gasteiger charge is 2.22. The van der Waals surface area contributed by atoms with Crippen molar-refractivity contribution in [1.29, 1.82) is 0 Å². The lowest BCUT2D eigenvalue weighted by Crippen LogP contribution is -2.68. The molecule has 28 heteroatoms. The average molecular weight is 1310 g/mol. The number of hydrogen-bond acceptors (Lipinski definition) is 18. The molecule has 5 heterocycles. The van der Waals surface area contributed by atoms with Crippen LogP contribution in [0.1, 0.15) is 50.5 Å². The van der Waals surface area contributed by atoms with E-state index in [0.29, 0.717) is 0 Å². The Morgan fingerprint density at radius 2 is 0.440 bits per heavy atom. The van der Waals surface area contributed by atoms with Gasteiger partial charge in [0, 0.05) is 87.9 Å². The molecule has 0 amide bonds. The zero-order chi connectivity index (χ0) is 62.5. The topological polar surface area (TPSA) is 426 Å². The number of aromatic nitrogens is 4. The molecule has 9 rings (SSSR count). The van der Waals surface area contributed by atoms with Crippen LogP contribution in [0.2, 0.25) is 0 Å². The maximum atomic E-state index is 8.49. The molecule has 2 N–H and O–H groups in total. The van der Waals surface area contributed by atoms with Crippen molar-refractivity contribution in [2.45, 2.75) is 47.3 Å². The number of nitrogens with one attached hydrogen (secondary N) is 2. The zero-order valence-electron chi connectivity index (χ0n) is 46.3. The Bertz CT molecular complexity index is 3040. The Balaban J connectivity index is 0.000000558. The highest BCUT2D eigenvalue weighted by atomic mass is 35.7. The molecule has 2 aliphatic rings. The molecule has 2 aliphatic heterocycles. The molecule has 450 valence electrons. The van der Waals surface area contributed by atoms with E-state index in [-0.39, 0.29) is 43.6 Å². The number of benzene rings is 4. The van der Waals surface area contributed by atoms with E-state index in [1.165, 1.54) is 19.6 Å². The molecule has 0 spiro atoms. The number of hydrogen-bond donors (Lipinski definition) is 2. The van der Waals surface area contributed by atoms with Crippen LogP contribution in [0, 0.1) is 41.0 Å². The van der Waals surface area contributed by atoms with Crippen LogP contribution in [0.3, 0.4) is 0 Å². The van der Waals surface area contributed by atoms with Crippen molar-refractivity contribution in [1.82, 2.24) is 19.9 Å². The smallest absolute Gasteiger partial charge is 0.154 e. The van der Waals surface area contributed by atoms with Crippen molar-refractivity contribution in [3.63, 3.8) is 0 Å². The SMILES string of the molecule is CC[S+](C)c1ccc(-c2c3nc(c(-c4ccc([S+](C)CC)cc4)c4ccc([nH]4)c(-c4ccc([S+](C)CC)cc4)c4nc(c(-c5ccc([S+](C)CC)cc5)c5ccc2[nH]5)C=C4)C=C3)cc1.[O-][Cl+3]([O-])([O-])[O-].[O-][Cl+3]([O-])([O-])[O-].[O-][Cl+3]([O-])([O-])[O-].[O-][Cl+3]([O-])([O-])[O-]. The third-order valence-electron chi connectivity index (χ3n) is 12.7. The van der Waals surface area contributed by atoms with Crippen molar-refractivity contribution in [3.05, 3.63) is 144 Å². The molecule has 0 saturated heterocycles. The van der Waals surface area contributed by atoms with Gasteiger partial charge in [-0.3, -0.25) is 0 Å². The second-order valence-corrected chi connectivity index (χ2v) is 30.1. The van der Waals surface area contributed by atoms with Gasteiger partial charge < -0.3 is 9.97 Å². The third-order valence-corrected chi connectivity index (χ3v) is 20.4. The molecule has 4 unspecified atom stereocenters. The fraction of sp³-hybridized carbons (Fsp3) is 0.214. The van der Waals surface area contributed by atoms with Gasteiger partial charge >= 0.3 is 0 Å². The molecule has 0 saturated carbocycles. The minimum Gasteiger partial charge on any atom is -0.354 e. The Labute approximate surface area is 505 Å². The number of halogens is 4. The van der Waals surface area contributed by atoms with E-state index in [2.05, 4.69) is 208 Å². The van der Waals surface area contributed by atoms with Gasteiger partial charge in [0.05, 0.1) is 22.8 Å². The van der Waals surface area contributed by atoms with E-state index < -0.39 is 41.0 Å². The normalized spacial score (nSPS) is 13.6. The third kappa shape index (κ3) is 22.0. The molecule has 0 aliphatic carbocycles. The first-order valence-corrected chi connectivity index (χ1v) is 36.9. The molecule has 0 radical (unpaired) electrons. The fourth-order valence-electron chi connectivity index (χ4n) is 8.50. The van der Waals surface area contributed by atoms with E-state index in [1.54, 1.807) is 0 Å². The molecule has 7 aromatic rings. The van der Waals surface area contributed by atoms with E-state index in [9.17, 15) is 0 Å². The Kier molecular flexibility index (Phi) is 25.8. The predicted molar refractivity (Wildman–Crippen MR) is 289 cm³/mol. The lowest BCUT2D eigenvalue weighted by molar-refractivity contribution is -2.00. The number of nitrogens with zero attached hydrogens (tertiary/aromatic N) is 2. The Morgan fingerprint density at radius 3 is 0.583 bits per heavy atom. The van der Waals surface area contributed by atoms with Crippen LogP contribution in [-0.4, -0.2) is 68.0 Å². The first-order chi connectivity index (χ1) is 39.2. The highest BCUT2D eigenvalue weighted by Crippen LogP contribution is 2.39. The van der Waals surface area contributed by atoms with Crippen molar-refractivity contribution in [2.24, 2.45) is 0 Å². The van der Waals surface area contributed by atoms with Gasteiger partial charge in [-0.1, -0.05) is 0 Å². The van der Waals surface area contributed by atoms with Gasteiger partial charge in [0.25, 0.3) is 0 Å². The maximum Gasteiger partial charge on any atom is 0.154 e. The minimum absolute atomic E-state index is 0.191. The van der Waals surface area contributed by atoms with E-state index >= 15 is 0 Å². The van der Waals surface area contributed by atoms with E-state index in [0.717, 1.165) is 112 Å². The summed E-state index contributed by atoms with van der Waals surface area (Å²) in [7, 11) is -19.0. The molecular weight excluding hydrogens is 1250 g/mol.